The van der Waals surface area contributed by atoms with E-state index in [1.54, 1.807) is 36.4 Å². The second-order valence-electron chi connectivity index (χ2n) is 21.1. The number of aryl methyl sites for hydroxylation is 9. The van der Waals surface area contributed by atoms with Crippen LogP contribution in [0.3, 0.4) is 0 Å². The van der Waals surface area contributed by atoms with Crippen LogP contribution in [0.5, 0.6) is 51.7 Å². The number of rotatable bonds is 12. The van der Waals surface area contributed by atoms with Crippen molar-refractivity contribution in [1.29, 1.82) is 0 Å². The molecular weight excluding hydrogens is 973 g/mol. The van der Waals surface area contributed by atoms with E-state index in [1.807, 2.05) is 172 Å². The molecule has 78 heavy (non-hydrogen) atoms. The minimum absolute atomic E-state index is 0.176. The molecule has 0 aliphatic carbocycles. The van der Waals surface area contributed by atoms with Gasteiger partial charge >= 0.3 is 0 Å². The molecule has 0 aromatic heterocycles. The van der Waals surface area contributed by atoms with E-state index in [-0.39, 0.29) is 51.7 Å². The molecule has 0 aliphatic heterocycles. The van der Waals surface area contributed by atoms with Crippen LogP contribution in [0.25, 0.3) is 0 Å². The van der Waals surface area contributed by atoms with Gasteiger partial charge in [-0.25, -0.2) is 0 Å². The molecule has 0 atom stereocenters. The maximum absolute atomic E-state index is 11.1. The lowest BCUT2D eigenvalue weighted by Gasteiger charge is -2.16. The first kappa shape index (κ1) is 56.9. The minimum atomic E-state index is 0.176. The van der Waals surface area contributed by atoms with Crippen LogP contribution >= 0.6 is 0 Å². The summed E-state index contributed by atoms with van der Waals surface area (Å²) in [5.41, 5.74) is 18.7. The number of hydrogen-bond donors (Lipinski definition) is 9. The van der Waals surface area contributed by atoms with Crippen molar-refractivity contribution in [1.82, 2.24) is 0 Å². The Labute approximate surface area is 459 Å². The van der Waals surface area contributed by atoms with Crippen molar-refractivity contribution in [3.05, 3.63) is 262 Å². The van der Waals surface area contributed by atoms with E-state index < -0.39 is 0 Å². The summed E-state index contributed by atoms with van der Waals surface area (Å²) in [4.78, 5) is 0. The summed E-state index contributed by atoms with van der Waals surface area (Å²) in [6.45, 7) is 17.8. The lowest BCUT2D eigenvalue weighted by Crippen LogP contribution is -2.00. The van der Waals surface area contributed by atoms with Crippen molar-refractivity contribution in [2.45, 2.75) is 101 Å². The van der Waals surface area contributed by atoms with Crippen molar-refractivity contribution >= 4 is 0 Å². The second kappa shape index (κ2) is 24.9. The molecule has 0 spiro atoms. The van der Waals surface area contributed by atoms with E-state index in [2.05, 4.69) is 0 Å². The summed E-state index contributed by atoms with van der Waals surface area (Å²) >= 11 is 0. The fourth-order valence-electron chi connectivity index (χ4n) is 9.98. The number of hydrogen-bond acceptors (Lipinski definition) is 9. The van der Waals surface area contributed by atoms with Crippen LogP contribution in [0, 0.1) is 62.3 Å². The smallest absolute Gasteiger partial charge is 0.122 e. The molecular formula is C69H72O9. The van der Waals surface area contributed by atoms with Crippen molar-refractivity contribution in [2.24, 2.45) is 0 Å². The largest absolute Gasteiger partial charge is 0.508 e. The van der Waals surface area contributed by atoms with Crippen LogP contribution in [0.15, 0.2) is 146 Å². The van der Waals surface area contributed by atoms with Gasteiger partial charge in [-0.15, -0.1) is 0 Å². The van der Waals surface area contributed by atoms with Crippen LogP contribution in [-0.4, -0.2) is 46.0 Å². The van der Waals surface area contributed by atoms with Crippen molar-refractivity contribution < 1.29 is 46.0 Å². The third-order valence-corrected chi connectivity index (χ3v) is 13.9. The van der Waals surface area contributed by atoms with E-state index in [0.717, 1.165) is 117 Å². The molecule has 0 unspecified atom stereocenters. The summed E-state index contributed by atoms with van der Waals surface area (Å²) in [5, 5.41) is 93.4. The van der Waals surface area contributed by atoms with Gasteiger partial charge in [0.25, 0.3) is 0 Å². The van der Waals surface area contributed by atoms with Crippen LogP contribution in [0.1, 0.15) is 117 Å². The molecule has 402 valence electrons. The molecule has 0 bridgehead atoms. The molecule has 0 aliphatic rings. The molecule has 9 aromatic rings. The standard InChI is InChI=1S/C31H32O4.C23H24O3.C15H16O2/c1-18-5-7-28(32)22(9-18)15-24-11-20(3)13-26(30(24)34)17-27-14-21(4)12-25(31(27)35)16-23-10-19(2)6-8-29(23)33;1-14-4-6-21(24)17(8-14)12-19-10-16(3)11-20(23(19)26)13-18-9-15(2)5-7-22(18)25;1-10-3-5-14(16)12(7-10)9-13-8-11(2)4-6-15(13)17/h5-14,32-35H,15-17H2,1-4H3;4-11,24-26H,12-13H2,1-3H3;3-8,16-17H,9H2,1-2H3. The Kier molecular flexibility index (Phi) is 18.2. The number of phenolic OH excluding ortho intramolecular Hbond substituents is 9. The number of aromatic hydroxyl groups is 9. The highest BCUT2D eigenvalue weighted by Gasteiger charge is 2.18. The highest BCUT2D eigenvalue weighted by Crippen LogP contribution is 2.37. The molecule has 9 rings (SSSR count). The Morgan fingerprint density at radius 3 is 0.474 bits per heavy atom. The maximum atomic E-state index is 11.1. The summed E-state index contributed by atoms with van der Waals surface area (Å²) < 4.78 is 0. The van der Waals surface area contributed by atoms with Gasteiger partial charge in [-0.2, -0.15) is 0 Å². The summed E-state index contributed by atoms with van der Waals surface area (Å²) in [6.07, 6.45) is 2.63. The Bertz CT molecular complexity index is 3400. The average molecular weight is 1050 g/mol. The highest BCUT2D eigenvalue weighted by atomic mass is 16.3. The average Bonchev–Trinajstić information content (AvgIpc) is 3.41. The summed E-state index contributed by atoms with van der Waals surface area (Å²) in [6, 6.07) is 44.5. The normalized spacial score (nSPS) is 10.9. The fourth-order valence-corrected chi connectivity index (χ4v) is 9.98. The SMILES string of the molecule is Cc1ccc(O)c(Cc2cc(C)cc(Cc3cc(C)cc(Cc4cc(C)ccc4O)c3O)c2O)c1.Cc1ccc(O)c(Cc2cc(C)cc(Cc3cc(C)ccc3O)c2O)c1.Cc1ccc(O)c(Cc2cc(C)ccc2O)c1. The third-order valence-electron chi connectivity index (χ3n) is 13.9. The van der Waals surface area contributed by atoms with Gasteiger partial charge in [0.15, 0.2) is 0 Å². The monoisotopic (exact) mass is 1040 g/mol. The molecule has 0 fully saturated rings. The van der Waals surface area contributed by atoms with Crippen LogP contribution in [0.4, 0.5) is 0 Å². The summed E-state index contributed by atoms with van der Waals surface area (Å²) in [7, 11) is 0. The Hall–Kier alpha value is -8.82. The number of benzene rings is 9. The fraction of sp³-hybridized carbons (Fsp3) is 0.217. The molecule has 0 saturated carbocycles. The number of phenols is 9. The van der Waals surface area contributed by atoms with Crippen LogP contribution < -0.4 is 0 Å². The van der Waals surface area contributed by atoms with Gasteiger partial charge in [-0.1, -0.05) is 159 Å². The van der Waals surface area contributed by atoms with Gasteiger partial charge in [0.2, 0.25) is 0 Å². The van der Waals surface area contributed by atoms with E-state index in [9.17, 15) is 46.0 Å². The third kappa shape index (κ3) is 14.8. The Morgan fingerprint density at radius 2 is 0.308 bits per heavy atom. The molecule has 0 amide bonds. The van der Waals surface area contributed by atoms with Crippen molar-refractivity contribution in [3.63, 3.8) is 0 Å². The molecule has 9 N–H and O–H groups in total. The van der Waals surface area contributed by atoms with Gasteiger partial charge in [-0.3, -0.25) is 0 Å². The van der Waals surface area contributed by atoms with Gasteiger partial charge in [0.1, 0.15) is 51.7 Å². The second-order valence-corrected chi connectivity index (χ2v) is 21.1. The highest BCUT2D eigenvalue weighted by molar-refractivity contribution is 5.55. The molecule has 0 radical (unpaired) electrons. The predicted molar refractivity (Wildman–Crippen MR) is 312 cm³/mol. The minimum Gasteiger partial charge on any atom is -0.508 e. The molecule has 9 nitrogen and oxygen atoms in total. The molecule has 9 aromatic carbocycles. The van der Waals surface area contributed by atoms with Crippen molar-refractivity contribution in [3.8, 4) is 51.7 Å². The zero-order valence-electron chi connectivity index (χ0n) is 46.1. The topological polar surface area (TPSA) is 182 Å². The summed E-state index contributed by atoms with van der Waals surface area (Å²) in [5.74, 6) is 2.00. The molecule has 0 heterocycles. The van der Waals surface area contributed by atoms with E-state index in [0.29, 0.717) is 38.5 Å². The predicted octanol–water partition coefficient (Wildman–Crippen LogP) is 14.7. The van der Waals surface area contributed by atoms with Crippen LogP contribution in [-0.2, 0) is 38.5 Å². The quantitative estimate of drug-likeness (QED) is 0.0575. The van der Waals surface area contributed by atoms with Crippen LogP contribution in [0.2, 0.25) is 0 Å². The van der Waals surface area contributed by atoms with Gasteiger partial charge in [-0.05, 0) is 165 Å². The van der Waals surface area contributed by atoms with E-state index in [1.165, 1.54) is 0 Å². The molecule has 0 saturated heterocycles. The first-order valence-electron chi connectivity index (χ1n) is 26.1. The lowest BCUT2D eigenvalue weighted by atomic mass is 9.92. The van der Waals surface area contributed by atoms with Gasteiger partial charge < -0.3 is 46.0 Å². The van der Waals surface area contributed by atoms with Gasteiger partial charge in [0, 0.05) is 38.5 Å². The first-order chi connectivity index (χ1) is 37.0. The zero-order chi connectivity index (χ0) is 56.5. The maximum Gasteiger partial charge on any atom is 0.122 e. The molecule has 9 heteroatoms. The van der Waals surface area contributed by atoms with Crippen molar-refractivity contribution in [2.75, 3.05) is 0 Å². The first-order valence-corrected chi connectivity index (χ1v) is 26.1. The lowest BCUT2D eigenvalue weighted by molar-refractivity contribution is 0.453. The Morgan fingerprint density at radius 1 is 0.179 bits per heavy atom. The van der Waals surface area contributed by atoms with E-state index in [4.69, 9.17) is 0 Å². The zero-order valence-corrected chi connectivity index (χ0v) is 46.1. The van der Waals surface area contributed by atoms with E-state index >= 15 is 0 Å². The Balaban J connectivity index is 0.000000180. The van der Waals surface area contributed by atoms with Gasteiger partial charge in [0.05, 0.1) is 0 Å².